The molecule has 94 valence electrons. The number of allylic oxidation sites excluding steroid dienone is 1. The standard InChI is InChI=1S/C15H22ClN/c1-3-4-5-6-7-11-14(17)13-10-8-9-12(2)15(13)16/h3,8-10,14H,1,4-7,11,17H2,2H3. The maximum atomic E-state index is 6.26. The summed E-state index contributed by atoms with van der Waals surface area (Å²) in [6.45, 7) is 5.74. The molecule has 0 radical (unpaired) electrons. The lowest BCUT2D eigenvalue weighted by atomic mass is 9.99. The third kappa shape index (κ3) is 4.53. The van der Waals surface area contributed by atoms with Crippen LogP contribution in [0.15, 0.2) is 30.9 Å². The minimum atomic E-state index is 0.0612. The van der Waals surface area contributed by atoms with E-state index in [1.807, 2.05) is 31.2 Å². The van der Waals surface area contributed by atoms with Gasteiger partial charge < -0.3 is 5.73 Å². The Morgan fingerprint density at radius 2 is 2.12 bits per heavy atom. The predicted octanol–water partition coefficient (Wildman–Crippen LogP) is 4.78. The highest BCUT2D eigenvalue weighted by molar-refractivity contribution is 6.32. The summed E-state index contributed by atoms with van der Waals surface area (Å²) in [6, 6.07) is 6.13. The molecule has 1 atom stereocenters. The number of hydrogen-bond donors (Lipinski definition) is 1. The van der Waals surface area contributed by atoms with Crippen molar-refractivity contribution in [2.24, 2.45) is 5.73 Å². The second-order valence-corrected chi connectivity index (χ2v) is 4.89. The highest BCUT2D eigenvalue weighted by Crippen LogP contribution is 2.27. The van der Waals surface area contributed by atoms with Crippen LogP contribution in [-0.4, -0.2) is 0 Å². The molecule has 0 saturated carbocycles. The molecule has 1 nitrogen and oxygen atoms in total. The number of benzene rings is 1. The van der Waals surface area contributed by atoms with Gasteiger partial charge in [0.2, 0.25) is 0 Å². The van der Waals surface area contributed by atoms with E-state index in [4.69, 9.17) is 17.3 Å². The fraction of sp³-hybridized carbons (Fsp3) is 0.467. The molecule has 1 aromatic rings. The van der Waals surface area contributed by atoms with Gasteiger partial charge in [0.25, 0.3) is 0 Å². The molecule has 0 aliphatic rings. The zero-order valence-corrected chi connectivity index (χ0v) is 11.3. The van der Waals surface area contributed by atoms with Crippen LogP contribution in [0.3, 0.4) is 0 Å². The predicted molar refractivity (Wildman–Crippen MR) is 76.4 cm³/mol. The molecule has 2 N–H and O–H groups in total. The van der Waals surface area contributed by atoms with Crippen LogP contribution in [-0.2, 0) is 0 Å². The highest BCUT2D eigenvalue weighted by Gasteiger charge is 2.10. The van der Waals surface area contributed by atoms with E-state index in [2.05, 4.69) is 6.58 Å². The first-order valence-electron chi connectivity index (χ1n) is 6.28. The molecular weight excluding hydrogens is 230 g/mol. The minimum absolute atomic E-state index is 0.0612. The van der Waals surface area contributed by atoms with Crippen molar-refractivity contribution >= 4 is 11.6 Å². The molecule has 0 bridgehead atoms. The summed E-state index contributed by atoms with van der Waals surface area (Å²) in [7, 11) is 0. The van der Waals surface area contributed by atoms with Crippen LogP contribution in [0.5, 0.6) is 0 Å². The van der Waals surface area contributed by atoms with E-state index in [0.717, 1.165) is 35.4 Å². The largest absolute Gasteiger partial charge is 0.324 e. The van der Waals surface area contributed by atoms with E-state index in [-0.39, 0.29) is 6.04 Å². The van der Waals surface area contributed by atoms with Gasteiger partial charge in [-0.3, -0.25) is 0 Å². The fourth-order valence-electron chi connectivity index (χ4n) is 1.94. The Bertz CT molecular complexity index is 360. The Kier molecular flexibility index (Phi) is 6.31. The fourth-order valence-corrected chi connectivity index (χ4v) is 2.21. The summed E-state index contributed by atoms with van der Waals surface area (Å²) in [5.74, 6) is 0. The number of unbranched alkanes of at least 4 members (excludes halogenated alkanes) is 3. The van der Waals surface area contributed by atoms with Crippen LogP contribution in [0.25, 0.3) is 0 Å². The first kappa shape index (κ1) is 14.3. The maximum Gasteiger partial charge on any atom is 0.0482 e. The number of halogens is 1. The Balaban J connectivity index is 2.44. The summed E-state index contributed by atoms with van der Waals surface area (Å²) in [6.07, 6.45) is 7.64. The molecular formula is C15H22ClN. The first-order valence-corrected chi connectivity index (χ1v) is 6.66. The van der Waals surface area contributed by atoms with Gasteiger partial charge in [-0.05, 0) is 37.3 Å². The Morgan fingerprint density at radius 1 is 1.35 bits per heavy atom. The van der Waals surface area contributed by atoms with E-state index < -0.39 is 0 Å². The molecule has 0 spiro atoms. The van der Waals surface area contributed by atoms with E-state index in [1.54, 1.807) is 0 Å². The van der Waals surface area contributed by atoms with E-state index in [1.165, 1.54) is 12.8 Å². The zero-order valence-electron chi connectivity index (χ0n) is 10.6. The maximum absolute atomic E-state index is 6.26. The van der Waals surface area contributed by atoms with Crippen molar-refractivity contribution < 1.29 is 0 Å². The Hall–Kier alpha value is -0.790. The molecule has 0 amide bonds. The second kappa shape index (κ2) is 7.52. The lowest BCUT2D eigenvalue weighted by Crippen LogP contribution is -2.11. The first-order chi connectivity index (χ1) is 8.16. The summed E-state index contributed by atoms with van der Waals surface area (Å²) in [4.78, 5) is 0. The molecule has 0 fully saturated rings. The van der Waals surface area contributed by atoms with Crippen LogP contribution < -0.4 is 5.73 Å². The molecule has 0 aromatic heterocycles. The van der Waals surface area contributed by atoms with Crippen molar-refractivity contribution in [3.05, 3.63) is 47.0 Å². The van der Waals surface area contributed by atoms with Crippen LogP contribution in [0.4, 0.5) is 0 Å². The molecule has 0 aliphatic carbocycles. The third-order valence-corrected chi connectivity index (χ3v) is 3.56. The van der Waals surface area contributed by atoms with Gasteiger partial charge in [-0.2, -0.15) is 0 Å². The van der Waals surface area contributed by atoms with Gasteiger partial charge in [-0.1, -0.05) is 48.7 Å². The van der Waals surface area contributed by atoms with Crippen molar-refractivity contribution in [1.29, 1.82) is 0 Å². The highest BCUT2D eigenvalue weighted by atomic mass is 35.5. The smallest absolute Gasteiger partial charge is 0.0482 e. The van der Waals surface area contributed by atoms with Gasteiger partial charge in [0.1, 0.15) is 0 Å². The number of nitrogens with two attached hydrogens (primary N) is 1. The summed E-state index contributed by atoms with van der Waals surface area (Å²) >= 11 is 6.26. The number of aryl methyl sites for hydroxylation is 1. The van der Waals surface area contributed by atoms with Gasteiger partial charge in [-0.15, -0.1) is 6.58 Å². The Labute approximate surface area is 110 Å². The van der Waals surface area contributed by atoms with E-state index in [0.29, 0.717) is 0 Å². The monoisotopic (exact) mass is 251 g/mol. The van der Waals surface area contributed by atoms with Crippen molar-refractivity contribution in [3.63, 3.8) is 0 Å². The van der Waals surface area contributed by atoms with Gasteiger partial charge in [0.15, 0.2) is 0 Å². The number of hydrogen-bond acceptors (Lipinski definition) is 1. The van der Waals surface area contributed by atoms with E-state index in [9.17, 15) is 0 Å². The number of rotatable bonds is 7. The van der Waals surface area contributed by atoms with Crippen molar-refractivity contribution in [3.8, 4) is 0 Å². The van der Waals surface area contributed by atoms with Crippen LogP contribution in [0.2, 0.25) is 5.02 Å². The van der Waals surface area contributed by atoms with Crippen molar-refractivity contribution in [1.82, 2.24) is 0 Å². The summed E-state index contributed by atoms with van der Waals surface area (Å²) in [5.41, 5.74) is 8.36. The van der Waals surface area contributed by atoms with Crippen molar-refractivity contribution in [2.45, 2.75) is 45.1 Å². The minimum Gasteiger partial charge on any atom is -0.324 e. The quantitative estimate of drug-likeness (QED) is 0.548. The molecule has 1 unspecified atom stereocenters. The Morgan fingerprint density at radius 3 is 2.82 bits per heavy atom. The SMILES string of the molecule is C=CCCCCCC(N)c1cccc(C)c1Cl. The molecule has 0 heterocycles. The van der Waals surface area contributed by atoms with Gasteiger partial charge >= 0.3 is 0 Å². The van der Waals surface area contributed by atoms with Gasteiger partial charge in [0, 0.05) is 11.1 Å². The van der Waals surface area contributed by atoms with Crippen molar-refractivity contribution in [2.75, 3.05) is 0 Å². The second-order valence-electron chi connectivity index (χ2n) is 4.51. The zero-order chi connectivity index (χ0) is 12.7. The lowest BCUT2D eigenvalue weighted by molar-refractivity contribution is 0.572. The summed E-state index contributed by atoms with van der Waals surface area (Å²) in [5, 5.41) is 0.825. The van der Waals surface area contributed by atoms with Gasteiger partial charge in [-0.25, -0.2) is 0 Å². The molecule has 0 saturated heterocycles. The normalized spacial score (nSPS) is 12.4. The molecule has 1 rings (SSSR count). The third-order valence-electron chi connectivity index (χ3n) is 3.04. The van der Waals surface area contributed by atoms with Gasteiger partial charge in [0.05, 0.1) is 0 Å². The average molecular weight is 252 g/mol. The van der Waals surface area contributed by atoms with E-state index >= 15 is 0 Å². The molecule has 17 heavy (non-hydrogen) atoms. The molecule has 1 aromatic carbocycles. The lowest BCUT2D eigenvalue weighted by Gasteiger charge is -2.14. The van der Waals surface area contributed by atoms with Crippen LogP contribution >= 0.6 is 11.6 Å². The molecule has 2 heteroatoms. The summed E-state index contributed by atoms with van der Waals surface area (Å²) < 4.78 is 0. The average Bonchev–Trinajstić information content (AvgIpc) is 2.32. The molecule has 0 aliphatic heterocycles. The van der Waals surface area contributed by atoms with Crippen LogP contribution in [0, 0.1) is 6.92 Å². The van der Waals surface area contributed by atoms with Crippen LogP contribution in [0.1, 0.15) is 49.3 Å². The topological polar surface area (TPSA) is 26.0 Å².